The van der Waals surface area contributed by atoms with Crippen LogP contribution in [0.2, 0.25) is 0 Å². The van der Waals surface area contributed by atoms with Gasteiger partial charge < -0.3 is 14.8 Å². The number of ether oxygens (including phenoxy) is 2. The zero-order valence-corrected chi connectivity index (χ0v) is 20.0. The smallest absolute Gasteiger partial charge is 0.262 e. The third-order valence-electron chi connectivity index (χ3n) is 4.67. The highest BCUT2D eigenvalue weighted by molar-refractivity contribution is 7.99. The first-order chi connectivity index (χ1) is 15.9. The van der Waals surface area contributed by atoms with Crippen molar-refractivity contribution in [2.75, 3.05) is 30.0 Å². The standard InChI is InChI=1S/C24H26N2O5S2/c1-30-22-12-7-6-11-20(22)26-33(28,29)19-14-15-23(31-2)21(17-19)25-24(27)13-8-16-32-18-9-4-3-5-10-18/h3-7,9-12,14-15,17,26H,8,13,16H2,1-2H3,(H,25,27). The Hall–Kier alpha value is -3.17. The monoisotopic (exact) mass is 486 g/mol. The highest BCUT2D eigenvalue weighted by atomic mass is 32.2. The Kier molecular flexibility index (Phi) is 8.62. The molecule has 3 aromatic carbocycles. The number of carbonyl (C=O) groups excluding carboxylic acids is 1. The molecule has 0 radical (unpaired) electrons. The minimum absolute atomic E-state index is 0.0101. The number of carbonyl (C=O) groups is 1. The lowest BCUT2D eigenvalue weighted by atomic mass is 10.2. The molecule has 0 saturated heterocycles. The van der Waals surface area contributed by atoms with E-state index in [4.69, 9.17) is 9.47 Å². The summed E-state index contributed by atoms with van der Waals surface area (Å²) in [5, 5.41) is 2.77. The maximum absolute atomic E-state index is 12.9. The van der Waals surface area contributed by atoms with Gasteiger partial charge in [0, 0.05) is 11.3 Å². The molecule has 0 saturated carbocycles. The number of sulfonamides is 1. The van der Waals surface area contributed by atoms with Crippen molar-refractivity contribution in [3.63, 3.8) is 0 Å². The Morgan fingerprint density at radius 3 is 2.27 bits per heavy atom. The third kappa shape index (κ3) is 6.90. The molecule has 0 bridgehead atoms. The molecule has 33 heavy (non-hydrogen) atoms. The van der Waals surface area contributed by atoms with Gasteiger partial charge in [-0.1, -0.05) is 30.3 Å². The van der Waals surface area contributed by atoms with Crippen molar-refractivity contribution in [3.8, 4) is 11.5 Å². The van der Waals surface area contributed by atoms with E-state index in [1.165, 1.54) is 32.4 Å². The summed E-state index contributed by atoms with van der Waals surface area (Å²) in [7, 11) is -0.995. The van der Waals surface area contributed by atoms with Crippen LogP contribution < -0.4 is 19.5 Å². The van der Waals surface area contributed by atoms with Crippen molar-refractivity contribution < 1.29 is 22.7 Å². The Bertz CT molecular complexity index is 1180. The number of thioether (sulfide) groups is 1. The minimum Gasteiger partial charge on any atom is -0.495 e. The molecule has 0 aliphatic carbocycles. The molecule has 0 aliphatic heterocycles. The van der Waals surface area contributed by atoms with Crippen molar-refractivity contribution in [3.05, 3.63) is 72.8 Å². The van der Waals surface area contributed by atoms with E-state index in [9.17, 15) is 13.2 Å². The summed E-state index contributed by atoms with van der Waals surface area (Å²) in [6.45, 7) is 0. The lowest BCUT2D eigenvalue weighted by Gasteiger charge is -2.14. The lowest BCUT2D eigenvalue weighted by molar-refractivity contribution is -0.116. The largest absolute Gasteiger partial charge is 0.495 e. The van der Waals surface area contributed by atoms with Crippen LogP contribution in [0.4, 0.5) is 11.4 Å². The summed E-state index contributed by atoms with van der Waals surface area (Å²) in [4.78, 5) is 13.6. The Balaban J connectivity index is 1.66. The van der Waals surface area contributed by atoms with Gasteiger partial charge >= 0.3 is 0 Å². The van der Waals surface area contributed by atoms with E-state index < -0.39 is 10.0 Å². The maximum atomic E-state index is 12.9. The second-order valence-corrected chi connectivity index (χ2v) is 9.83. The highest BCUT2D eigenvalue weighted by Crippen LogP contribution is 2.31. The highest BCUT2D eigenvalue weighted by Gasteiger charge is 2.19. The summed E-state index contributed by atoms with van der Waals surface area (Å²) in [5.41, 5.74) is 0.610. The van der Waals surface area contributed by atoms with E-state index in [-0.39, 0.29) is 10.8 Å². The maximum Gasteiger partial charge on any atom is 0.262 e. The molecule has 0 unspecified atom stereocenters. The van der Waals surface area contributed by atoms with Crippen LogP contribution in [0, 0.1) is 0 Å². The van der Waals surface area contributed by atoms with Gasteiger partial charge in [0.2, 0.25) is 5.91 Å². The summed E-state index contributed by atoms with van der Waals surface area (Å²) >= 11 is 1.68. The lowest BCUT2D eigenvalue weighted by Crippen LogP contribution is -2.16. The Morgan fingerprint density at radius 2 is 1.55 bits per heavy atom. The molecule has 0 aliphatic rings. The van der Waals surface area contributed by atoms with Crippen molar-refractivity contribution >= 4 is 39.1 Å². The molecular formula is C24H26N2O5S2. The van der Waals surface area contributed by atoms with Gasteiger partial charge in [-0.25, -0.2) is 8.42 Å². The normalized spacial score (nSPS) is 11.0. The zero-order valence-electron chi connectivity index (χ0n) is 18.4. The fourth-order valence-corrected chi connectivity index (χ4v) is 5.01. The summed E-state index contributed by atoms with van der Waals surface area (Å²) in [6.07, 6.45) is 0.987. The number of nitrogens with one attached hydrogen (secondary N) is 2. The molecular weight excluding hydrogens is 460 g/mol. The second kappa shape index (κ2) is 11.6. The van der Waals surface area contributed by atoms with Crippen LogP contribution in [0.1, 0.15) is 12.8 Å². The molecule has 0 heterocycles. The van der Waals surface area contributed by atoms with E-state index in [1.54, 1.807) is 36.0 Å². The van der Waals surface area contributed by atoms with E-state index in [1.807, 2.05) is 30.3 Å². The SMILES string of the molecule is COc1ccc(S(=O)(=O)Nc2ccccc2OC)cc1NC(=O)CCCSc1ccccc1. The van der Waals surface area contributed by atoms with Crippen molar-refractivity contribution in [2.45, 2.75) is 22.6 Å². The number of rotatable bonds is 11. The van der Waals surface area contributed by atoms with Crippen LogP contribution in [0.3, 0.4) is 0 Å². The molecule has 7 nitrogen and oxygen atoms in total. The van der Waals surface area contributed by atoms with Gasteiger partial charge in [0.25, 0.3) is 10.0 Å². The minimum atomic E-state index is -3.92. The quantitative estimate of drug-likeness (QED) is 0.292. The summed E-state index contributed by atoms with van der Waals surface area (Å²) in [5.74, 6) is 1.36. The molecule has 174 valence electrons. The van der Waals surface area contributed by atoms with Crippen molar-refractivity contribution in [2.24, 2.45) is 0 Å². The average molecular weight is 487 g/mol. The number of para-hydroxylation sites is 2. The first-order valence-electron chi connectivity index (χ1n) is 10.2. The fraction of sp³-hybridized carbons (Fsp3) is 0.208. The summed E-state index contributed by atoms with van der Waals surface area (Å²) in [6, 6.07) is 21.0. The van der Waals surface area contributed by atoms with Gasteiger partial charge in [0.1, 0.15) is 11.5 Å². The van der Waals surface area contributed by atoms with Crippen molar-refractivity contribution in [1.82, 2.24) is 0 Å². The molecule has 2 N–H and O–H groups in total. The molecule has 0 spiro atoms. The van der Waals surface area contributed by atoms with Gasteiger partial charge in [-0.3, -0.25) is 9.52 Å². The molecule has 3 rings (SSSR count). The van der Waals surface area contributed by atoms with Gasteiger partial charge in [-0.15, -0.1) is 11.8 Å². The Morgan fingerprint density at radius 1 is 0.879 bits per heavy atom. The van der Waals surface area contributed by atoms with Crippen LogP contribution in [0.5, 0.6) is 11.5 Å². The zero-order chi connectivity index (χ0) is 23.7. The predicted octanol–water partition coefficient (Wildman–Crippen LogP) is 5.02. The fourth-order valence-electron chi connectivity index (χ4n) is 3.04. The number of anilines is 2. The van der Waals surface area contributed by atoms with Crippen LogP contribution in [0.25, 0.3) is 0 Å². The van der Waals surface area contributed by atoms with Gasteiger partial charge in [-0.2, -0.15) is 0 Å². The second-order valence-electron chi connectivity index (χ2n) is 6.98. The van der Waals surface area contributed by atoms with E-state index >= 15 is 0 Å². The molecule has 0 fully saturated rings. The van der Waals surface area contributed by atoms with E-state index in [0.29, 0.717) is 35.7 Å². The first kappa shape index (κ1) is 24.5. The van der Waals surface area contributed by atoms with Gasteiger partial charge in [-0.05, 0) is 54.6 Å². The molecule has 9 heteroatoms. The average Bonchev–Trinajstić information content (AvgIpc) is 2.82. The number of benzene rings is 3. The van der Waals surface area contributed by atoms with Gasteiger partial charge in [0.15, 0.2) is 0 Å². The topological polar surface area (TPSA) is 93.7 Å². The number of methoxy groups -OCH3 is 2. The third-order valence-corrected chi connectivity index (χ3v) is 7.13. The van der Waals surface area contributed by atoms with Crippen molar-refractivity contribution in [1.29, 1.82) is 0 Å². The molecule has 0 atom stereocenters. The predicted molar refractivity (Wildman–Crippen MR) is 132 cm³/mol. The number of hydrogen-bond donors (Lipinski definition) is 2. The number of hydrogen-bond acceptors (Lipinski definition) is 6. The van der Waals surface area contributed by atoms with Crippen LogP contribution in [0.15, 0.2) is 82.6 Å². The molecule has 3 aromatic rings. The molecule has 0 aromatic heterocycles. The first-order valence-corrected chi connectivity index (χ1v) is 12.7. The van der Waals surface area contributed by atoms with Crippen LogP contribution in [-0.2, 0) is 14.8 Å². The van der Waals surface area contributed by atoms with Gasteiger partial charge in [0.05, 0.1) is 30.5 Å². The Labute approximate surface area is 198 Å². The molecule has 1 amide bonds. The van der Waals surface area contributed by atoms with E-state index in [2.05, 4.69) is 10.0 Å². The number of amides is 1. The van der Waals surface area contributed by atoms with E-state index in [0.717, 1.165) is 10.6 Å². The van der Waals surface area contributed by atoms with Crippen LogP contribution >= 0.6 is 11.8 Å². The van der Waals surface area contributed by atoms with Crippen LogP contribution in [-0.4, -0.2) is 34.3 Å². The summed E-state index contributed by atoms with van der Waals surface area (Å²) < 4.78 is 38.9.